The number of rotatable bonds is 7. The lowest BCUT2D eigenvalue weighted by Gasteiger charge is -2.25. The fraction of sp³-hybridized carbons (Fsp3) is 0.529. The van der Waals surface area contributed by atoms with Crippen LogP contribution in [0.5, 0.6) is 5.75 Å². The molecular formula is C17H23F4NO. The first-order chi connectivity index (χ1) is 10.5. The third-order valence-electron chi connectivity index (χ3n) is 3.50. The van der Waals surface area contributed by atoms with Crippen LogP contribution in [0.25, 0.3) is 0 Å². The highest BCUT2D eigenvalue weighted by molar-refractivity contribution is 5.37. The van der Waals surface area contributed by atoms with E-state index >= 15 is 0 Å². The monoisotopic (exact) mass is 333 g/mol. The molecule has 0 heterocycles. The van der Waals surface area contributed by atoms with Gasteiger partial charge in [0.15, 0.2) is 11.6 Å². The largest absolute Gasteiger partial charge is 0.573 e. The van der Waals surface area contributed by atoms with Gasteiger partial charge in [0.1, 0.15) is 0 Å². The molecule has 1 aromatic carbocycles. The van der Waals surface area contributed by atoms with E-state index in [0.29, 0.717) is 12.1 Å². The Labute approximate surface area is 134 Å². The van der Waals surface area contributed by atoms with Gasteiger partial charge in [0.2, 0.25) is 0 Å². The maximum absolute atomic E-state index is 13.6. The number of nitrogens with one attached hydrogen (secondary N) is 1. The zero-order valence-electron chi connectivity index (χ0n) is 13.8. The summed E-state index contributed by atoms with van der Waals surface area (Å²) in [7, 11) is 0. The minimum Gasteiger partial charge on any atom is -0.403 e. The van der Waals surface area contributed by atoms with E-state index in [2.05, 4.69) is 16.6 Å². The number of hydrogen-bond donors (Lipinski definition) is 1. The van der Waals surface area contributed by atoms with Crippen molar-refractivity contribution < 1.29 is 22.3 Å². The standard InChI is InChI=1S/C17H23F4NO/c1-10(2)12(5)14(9-22-11(3)4)13-6-7-15(18)16(8-13)23-17(19,20)21/h6-8,10-11,14,22H,5,9H2,1-4H3/t14-/m0/s1. The molecule has 0 spiro atoms. The normalized spacial score (nSPS) is 13.5. The number of alkyl halides is 3. The quantitative estimate of drug-likeness (QED) is 0.559. The summed E-state index contributed by atoms with van der Waals surface area (Å²) in [6.07, 6.45) is -4.93. The Kier molecular flexibility index (Phi) is 6.62. The lowest BCUT2D eigenvalue weighted by molar-refractivity contribution is -0.275. The average molecular weight is 333 g/mol. The smallest absolute Gasteiger partial charge is 0.403 e. The molecule has 0 aliphatic rings. The first kappa shape index (κ1) is 19.5. The predicted octanol–water partition coefficient (Wildman–Crippen LogP) is 5.02. The van der Waals surface area contributed by atoms with Crippen LogP contribution in [0.4, 0.5) is 17.6 Å². The summed E-state index contributed by atoms with van der Waals surface area (Å²) in [6, 6.07) is 3.78. The Morgan fingerprint density at radius 1 is 1.22 bits per heavy atom. The van der Waals surface area contributed by atoms with Crippen molar-refractivity contribution in [2.45, 2.75) is 46.0 Å². The van der Waals surface area contributed by atoms with Crippen LogP contribution in [0.1, 0.15) is 39.2 Å². The number of hydrogen-bond acceptors (Lipinski definition) is 2. The Hall–Kier alpha value is -1.56. The van der Waals surface area contributed by atoms with Crippen LogP contribution in [0, 0.1) is 11.7 Å². The van der Waals surface area contributed by atoms with Crippen LogP contribution < -0.4 is 10.1 Å². The van der Waals surface area contributed by atoms with Gasteiger partial charge in [0.25, 0.3) is 0 Å². The summed E-state index contributed by atoms with van der Waals surface area (Å²) in [5.41, 5.74) is 1.40. The van der Waals surface area contributed by atoms with E-state index in [1.54, 1.807) is 0 Å². The Bertz CT molecular complexity index is 538. The molecule has 1 rings (SSSR count). The van der Waals surface area contributed by atoms with E-state index in [1.165, 1.54) is 6.07 Å². The van der Waals surface area contributed by atoms with Gasteiger partial charge in [0, 0.05) is 18.5 Å². The molecule has 0 unspecified atom stereocenters. The van der Waals surface area contributed by atoms with Gasteiger partial charge in [-0.15, -0.1) is 13.2 Å². The van der Waals surface area contributed by atoms with Crippen molar-refractivity contribution in [3.05, 3.63) is 41.7 Å². The average Bonchev–Trinajstić information content (AvgIpc) is 2.40. The number of halogens is 4. The molecule has 1 atom stereocenters. The minimum atomic E-state index is -4.93. The highest BCUT2D eigenvalue weighted by atomic mass is 19.4. The van der Waals surface area contributed by atoms with Crippen molar-refractivity contribution in [2.75, 3.05) is 6.54 Å². The molecule has 0 amide bonds. The van der Waals surface area contributed by atoms with Crippen molar-refractivity contribution in [2.24, 2.45) is 5.92 Å². The van der Waals surface area contributed by atoms with Crippen LogP contribution in [0.2, 0.25) is 0 Å². The van der Waals surface area contributed by atoms with Gasteiger partial charge in [-0.3, -0.25) is 0 Å². The molecule has 0 aromatic heterocycles. The van der Waals surface area contributed by atoms with E-state index in [0.717, 1.165) is 17.7 Å². The van der Waals surface area contributed by atoms with Crippen molar-refractivity contribution >= 4 is 0 Å². The van der Waals surface area contributed by atoms with E-state index < -0.39 is 17.9 Å². The van der Waals surface area contributed by atoms with E-state index in [4.69, 9.17) is 0 Å². The SMILES string of the molecule is C=C(C(C)C)[C@H](CNC(C)C)c1ccc(F)c(OC(F)(F)F)c1. The molecule has 0 radical (unpaired) electrons. The lowest BCUT2D eigenvalue weighted by Crippen LogP contribution is -2.29. The maximum Gasteiger partial charge on any atom is 0.573 e. The van der Waals surface area contributed by atoms with E-state index in [1.807, 2.05) is 27.7 Å². The number of ether oxygens (including phenoxy) is 1. The summed E-state index contributed by atoms with van der Waals surface area (Å²) in [6.45, 7) is 12.4. The van der Waals surface area contributed by atoms with Crippen molar-refractivity contribution in [1.29, 1.82) is 0 Å². The molecule has 6 heteroatoms. The third-order valence-corrected chi connectivity index (χ3v) is 3.50. The van der Waals surface area contributed by atoms with Crippen LogP contribution >= 0.6 is 0 Å². The van der Waals surface area contributed by atoms with Crippen LogP contribution in [-0.2, 0) is 0 Å². The van der Waals surface area contributed by atoms with Gasteiger partial charge in [-0.25, -0.2) is 4.39 Å². The summed E-state index contributed by atoms with van der Waals surface area (Å²) < 4.78 is 54.5. The second-order valence-corrected chi connectivity index (χ2v) is 6.08. The third kappa shape index (κ3) is 6.22. The Morgan fingerprint density at radius 3 is 2.30 bits per heavy atom. The van der Waals surface area contributed by atoms with Crippen LogP contribution in [-0.4, -0.2) is 18.9 Å². The summed E-state index contributed by atoms with van der Waals surface area (Å²) >= 11 is 0. The topological polar surface area (TPSA) is 21.3 Å². The molecule has 0 saturated heterocycles. The van der Waals surface area contributed by atoms with Crippen molar-refractivity contribution in [3.63, 3.8) is 0 Å². The second-order valence-electron chi connectivity index (χ2n) is 6.08. The second kappa shape index (κ2) is 7.81. The van der Waals surface area contributed by atoms with Gasteiger partial charge in [-0.1, -0.05) is 45.9 Å². The molecule has 0 bridgehead atoms. The first-order valence-electron chi connectivity index (χ1n) is 7.48. The summed E-state index contributed by atoms with van der Waals surface area (Å²) in [5, 5.41) is 3.24. The zero-order chi connectivity index (χ0) is 17.8. The minimum absolute atomic E-state index is 0.144. The van der Waals surface area contributed by atoms with Gasteiger partial charge < -0.3 is 10.1 Å². The van der Waals surface area contributed by atoms with Crippen molar-refractivity contribution in [3.8, 4) is 5.75 Å². The Morgan fingerprint density at radius 2 is 1.83 bits per heavy atom. The summed E-state index contributed by atoms with van der Waals surface area (Å²) in [4.78, 5) is 0. The van der Waals surface area contributed by atoms with Gasteiger partial charge in [0.05, 0.1) is 0 Å². The fourth-order valence-corrected chi connectivity index (χ4v) is 2.16. The maximum atomic E-state index is 13.6. The summed E-state index contributed by atoms with van der Waals surface area (Å²) in [5.74, 6) is -1.95. The predicted molar refractivity (Wildman–Crippen MR) is 82.9 cm³/mol. The molecule has 1 aromatic rings. The van der Waals surface area contributed by atoms with Crippen LogP contribution in [0.3, 0.4) is 0 Å². The molecule has 0 saturated carbocycles. The van der Waals surface area contributed by atoms with Crippen molar-refractivity contribution in [1.82, 2.24) is 5.32 Å². The number of benzene rings is 1. The van der Waals surface area contributed by atoms with Gasteiger partial charge >= 0.3 is 6.36 Å². The first-order valence-corrected chi connectivity index (χ1v) is 7.48. The molecule has 130 valence electrons. The highest BCUT2D eigenvalue weighted by Crippen LogP contribution is 2.33. The fourth-order valence-electron chi connectivity index (χ4n) is 2.16. The van der Waals surface area contributed by atoms with Gasteiger partial charge in [-0.2, -0.15) is 0 Å². The van der Waals surface area contributed by atoms with Crippen LogP contribution in [0.15, 0.2) is 30.4 Å². The molecule has 0 aliphatic heterocycles. The van der Waals surface area contributed by atoms with Gasteiger partial charge in [-0.05, 0) is 23.6 Å². The van der Waals surface area contributed by atoms with E-state index in [9.17, 15) is 17.6 Å². The highest BCUT2D eigenvalue weighted by Gasteiger charge is 2.33. The molecule has 2 nitrogen and oxygen atoms in total. The molecule has 23 heavy (non-hydrogen) atoms. The zero-order valence-corrected chi connectivity index (χ0v) is 13.8. The Balaban J connectivity index is 3.14. The van der Waals surface area contributed by atoms with E-state index in [-0.39, 0.29) is 17.9 Å². The molecular weight excluding hydrogens is 310 g/mol. The lowest BCUT2D eigenvalue weighted by atomic mass is 9.85. The molecule has 0 fully saturated rings. The molecule has 0 aliphatic carbocycles. The molecule has 1 N–H and O–H groups in total.